The quantitative estimate of drug-likeness (QED) is 0.788. The third-order valence-electron chi connectivity index (χ3n) is 2.47. The lowest BCUT2D eigenvalue weighted by atomic mass is 9.84. The van der Waals surface area contributed by atoms with Crippen molar-refractivity contribution in [3.8, 4) is 0 Å². The Morgan fingerprint density at radius 3 is 2.57 bits per heavy atom. The van der Waals surface area contributed by atoms with Gasteiger partial charge in [0.2, 0.25) is 0 Å². The molecule has 0 amide bonds. The summed E-state index contributed by atoms with van der Waals surface area (Å²) in [5, 5.41) is 7.91. The van der Waals surface area contributed by atoms with Gasteiger partial charge >= 0.3 is 0 Å². The van der Waals surface area contributed by atoms with E-state index in [9.17, 15) is 0 Å². The van der Waals surface area contributed by atoms with Crippen LogP contribution < -0.4 is 5.73 Å². The van der Waals surface area contributed by atoms with E-state index in [1.165, 1.54) is 0 Å². The zero-order valence-electron chi connectivity index (χ0n) is 9.49. The van der Waals surface area contributed by atoms with E-state index in [1.807, 2.05) is 13.2 Å². The third kappa shape index (κ3) is 3.10. The molecule has 1 rings (SSSR count). The number of nitrogens with two attached hydrogens (primary N) is 1. The molecule has 0 bridgehead atoms. The summed E-state index contributed by atoms with van der Waals surface area (Å²) < 4.78 is 1.72. The Morgan fingerprint density at radius 1 is 1.50 bits per heavy atom. The summed E-state index contributed by atoms with van der Waals surface area (Å²) >= 11 is 0. The lowest BCUT2D eigenvalue weighted by molar-refractivity contribution is 0.305. The average molecular weight is 196 g/mol. The normalized spacial score (nSPS) is 14.4. The number of nitrogens with zero attached hydrogens (tertiary/aromatic N) is 3. The fraction of sp³-hybridized carbons (Fsp3) is 0.800. The second-order valence-electron chi connectivity index (χ2n) is 4.89. The first kappa shape index (κ1) is 11.2. The minimum atomic E-state index is 0.169. The molecular weight excluding hydrogens is 176 g/mol. The van der Waals surface area contributed by atoms with E-state index < -0.39 is 0 Å². The molecule has 1 aromatic rings. The third-order valence-corrected chi connectivity index (χ3v) is 2.47. The van der Waals surface area contributed by atoms with Crippen molar-refractivity contribution < 1.29 is 0 Å². The highest BCUT2D eigenvalue weighted by atomic mass is 15.4. The van der Waals surface area contributed by atoms with Gasteiger partial charge in [0.1, 0.15) is 0 Å². The van der Waals surface area contributed by atoms with Gasteiger partial charge in [0.25, 0.3) is 0 Å². The van der Waals surface area contributed by atoms with Crippen LogP contribution in [0.5, 0.6) is 0 Å². The molecule has 0 fully saturated rings. The van der Waals surface area contributed by atoms with Crippen LogP contribution in [-0.2, 0) is 13.5 Å². The largest absolute Gasteiger partial charge is 0.327 e. The van der Waals surface area contributed by atoms with Crippen LogP contribution in [0.25, 0.3) is 0 Å². The van der Waals surface area contributed by atoms with Crippen LogP contribution in [0.4, 0.5) is 0 Å². The van der Waals surface area contributed by atoms with E-state index >= 15 is 0 Å². The zero-order valence-corrected chi connectivity index (χ0v) is 9.49. The first-order chi connectivity index (χ1) is 6.39. The first-order valence-corrected chi connectivity index (χ1v) is 5.00. The molecule has 0 aliphatic carbocycles. The van der Waals surface area contributed by atoms with Crippen molar-refractivity contribution in [2.24, 2.45) is 18.2 Å². The fourth-order valence-corrected chi connectivity index (χ4v) is 1.25. The molecule has 4 heteroatoms. The molecule has 0 radical (unpaired) electrons. The van der Waals surface area contributed by atoms with Crippen molar-refractivity contribution >= 4 is 0 Å². The molecular formula is C10H20N4. The van der Waals surface area contributed by atoms with Gasteiger partial charge in [-0.15, -0.1) is 5.10 Å². The van der Waals surface area contributed by atoms with Crippen molar-refractivity contribution in [1.82, 2.24) is 15.0 Å². The molecule has 1 aromatic heterocycles. The molecule has 0 aromatic carbocycles. The maximum Gasteiger partial charge on any atom is 0.0827 e. The predicted octanol–water partition coefficient (Wildman–Crippen LogP) is 1.12. The number of rotatable bonds is 3. The Balaban J connectivity index is 2.41. The van der Waals surface area contributed by atoms with Crippen molar-refractivity contribution in [1.29, 1.82) is 0 Å². The van der Waals surface area contributed by atoms with Gasteiger partial charge in [0.15, 0.2) is 0 Å². The maximum atomic E-state index is 6.05. The van der Waals surface area contributed by atoms with Crippen LogP contribution in [-0.4, -0.2) is 21.0 Å². The molecule has 0 spiro atoms. The standard InChI is InChI=1S/C10H20N4/c1-10(2,3)9(11)6-5-8-7-14(4)13-12-8/h7,9H,5-6,11H2,1-4H3. The van der Waals surface area contributed by atoms with Gasteiger partial charge in [-0.25, -0.2) is 0 Å². The summed E-state index contributed by atoms with van der Waals surface area (Å²) in [7, 11) is 1.88. The van der Waals surface area contributed by atoms with Gasteiger partial charge in [0.05, 0.1) is 5.69 Å². The predicted molar refractivity (Wildman–Crippen MR) is 56.8 cm³/mol. The molecule has 4 nitrogen and oxygen atoms in total. The minimum Gasteiger partial charge on any atom is -0.327 e. The molecule has 80 valence electrons. The summed E-state index contributed by atoms with van der Waals surface area (Å²) in [6.45, 7) is 6.48. The highest BCUT2D eigenvalue weighted by molar-refractivity contribution is 4.93. The van der Waals surface area contributed by atoms with E-state index in [1.54, 1.807) is 4.68 Å². The van der Waals surface area contributed by atoms with Crippen LogP contribution in [0.3, 0.4) is 0 Å². The van der Waals surface area contributed by atoms with Gasteiger partial charge < -0.3 is 5.73 Å². The summed E-state index contributed by atoms with van der Waals surface area (Å²) in [6.07, 6.45) is 3.81. The molecule has 0 saturated heterocycles. The van der Waals surface area contributed by atoms with Gasteiger partial charge in [0, 0.05) is 19.3 Å². The fourth-order valence-electron chi connectivity index (χ4n) is 1.25. The van der Waals surface area contributed by atoms with Crippen LogP contribution in [0, 0.1) is 5.41 Å². The Bertz CT molecular complexity index is 285. The van der Waals surface area contributed by atoms with E-state index in [-0.39, 0.29) is 11.5 Å². The van der Waals surface area contributed by atoms with E-state index in [0.29, 0.717) is 0 Å². The van der Waals surface area contributed by atoms with Crippen LogP contribution in [0.15, 0.2) is 6.20 Å². The molecule has 0 aliphatic rings. The number of hydrogen-bond donors (Lipinski definition) is 1. The summed E-state index contributed by atoms with van der Waals surface area (Å²) in [4.78, 5) is 0. The van der Waals surface area contributed by atoms with Gasteiger partial charge in [-0.05, 0) is 18.3 Å². The number of aryl methyl sites for hydroxylation is 2. The second kappa shape index (κ2) is 4.09. The zero-order chi connectivity index (χ0) is 10.8. The minimum absolute atomic E-state index is 0.169. The number of hydrogen-bond acceptors (Lipinski definition) is 3. The molecule has 0 saturated carbocycles. The van der Waals surface area contributed by atoms with Crippen LogP contribution >= 0.6 is 0 Å². The smallest absolute Gasteiger partial charge is 0.0827 e. The molecule has 1 heterocycles. The summed E-state index contributed by atoms with van der Waals surface area (Å²) in [6, 6.07) is 0.213. The van der Waals surface area contributed by atoms with Crippen molar-refractivity contribution in [3.63, 3.8) is 0 Å². The molecule has 2 N–H and O–H groups in total. The lowest BCUT2D eigenvalue weighted by Crippen LogP contribution is -2.35. The Hall–Kier alpha value is -0.900. The summed E-state index contributed by atoms with van der Waals surface area (Å²) in [5.74, 6) is 0. The van der Waals surface area contributed by atoms with Crippen LogP contribution in [0.2, 0.25) is 0 Å². The first-order valence-electron chi connectivity index (χ1n) is 5.00. The van der Waals surface area contributed by atoms with E-state index in [0.717, 1.165) is 18.5 Å². The van der Waals surface area contributed by atoms with Crippen molar-refractivity contribution in [2.45, 2.75) is 39.7 Å². The Labute approximate surface area is 85.5 Å². The van der Waals surface area contributed by atoms with Gasteiger partial charge in [-0.3, -0.25) is 4.68 Å². The average Bonchev–Trinajstić information content (AvgIpc) is 2.45. The maximum absolute atomic E-state index is 6.05. The highest BCUT2D eigenvalue weighted by Crippen LogP contribution is 2.20. The lowest BCUT2D eigenvalue weighted by Gasteiger charge is -2.26. The van der Waals surface area contributed by atoms with E-state index in [4.69, 9.17) is 5.73 Å². The van der Waals surface area contributed by atoms with Crippen molar-refractivity contribution in [3.05, 3.63) is 11.9 Å². The molecule has 14 heavy (non-hydrogen) atoms. The highest BCUT2D eigenvalue weighted by Gasteiger charge is 2.20. The second-order valence-corrected chi connectivity index (χ2v) is 4.89. The number of aromatic nitrogens is 3. The Kier molecular flexibility index (Phi) is 3.26. The topological polar surface area (TPSA) is 56.7 Å². The molecule has 1 atom stereocenters. The monoisotopic (exact) mass is 196 g/mol. The van der Waals surface area contributed by atoms with Crippen molar-refractivity contribution in [2.75, 3.05) is 0 Å². The van der Waals surface area contributed by atoms with Gasteiger partial charge in [-0.1, -0.05) is 26.0 Å². The summed E-state index contributed by atoms with van der Waals surface area (Å²) in [5.41, 5.74) is 7.24. The van der Waals surface area contributed by atoms with Gasteiger partial charge in [-0.2, -0.15) is 0 Å². The Morgan fingerprint density at radius 2 is 2.14 bits per heavy atom. The molecule has 1 unspecified atom stereocenters. The SMILES string of the molecule is Cn1cc(CCC(N)C(C)(C)C)nn1. The molecule has 0 aliphatic heterocycles. The van der Waals surface area contributed by atoms with E-state index in [2.05, 4.69) is 31.1 Å². The van der Waals surface area contributed by atoms with Crippen LogP contribution in [0.1, 0.15) is 32.9 Å².